The number of hydrogen-bond donors (Lipinski definition) is 1. The van der Waals surface area contributed by atoms with Crippen LogP contribution in [0.15, 0.2) is 60.7 Å². The fourth-order valence-electron chi connectivity index (χ4n) is 2.75. The summed E-state index contributed by atoms with van der Waals surface area (Å²) in [7, 11) is 0. The van der Waals surface area contributed by atoms with Crippen LogP contribution in [0.2, 0.25) is 5.02 Å². The molecule has 0 radical (unpaired) electrons. The smallest absolute Gasteiger partial charge is 0.182 e. The summed E-state index contributed by atoms with van der Waals surface area (Å²) < 4.78 is 2.66. The summed E-state index contributed by atoms with van der Waals surface area (Å²) in [6.45, 7) is 0. The lowest BCUT2D eigenvalue weighted by Gasteiger charge is -2.09. The highest BCUT2D eigenvalue weighted by atomic mass is 35.5. The predicted octanol–water partition coefficient (Wildman–Crippen LogP) is 5.49. The van der Waals surface area contributed by atoms with Gasteiger partial charge in [0.25, 0.3) is 0 Å². The maximum absolute atomic E-state index is 6.39. The first-order valence-corrected chi connectivity index (χ1v) is 7.42. The van der Waals surface area contributed by atoms with E-state index in [9.17, 15) is 0 Å². The third-order valence-corrected chi connectivity index (χ3v) is 4.25. The van der Waals surface area contributed by atoms with Gasteiger partial charge in [-0.15, -0.1) is 0 Å². The summed E-state index contributed by atoms with van der Waals surface area (Å²) in [5.41, 5.74) is 2.90. The molecule has 4 aromatic rings. The number of imidazole rings is 1. The lowest BCUT2D eigenvalue weighted by atomic mass is 10.1. The lowest BCUT2D eigenvalue weighted by Crippen LogP contribution is -1.95. The molecule has 1 aromatic heterocycles. The normalized spacial score (nSPS) is 11.3. The maximum Gasteiger partial charge on any atom is 0.182 e. The second kappa shape index (κ2) is 4.72. The molecule has 1 N–H and O–H groups in total. The Morgan fingerprint density at radius 1 is 0.905 bits per heavy atom. The molecule has 3 aromatic carbocycles. The molecule has 0 saturated carbocycles. The van der Waals surface area contributed by atoms with E-state index in [0.29, 0.717) is 9.79 Å². The average Bonchev–Trinajstić information content (AvgIpc) is 2.84. The number of nitrogens with zero attached hydrogens (tertiary/aromatic N) is 1. The van der Waals surface area contributed by atoms with Gasteiger partial charge in [0, 0.05) is 5.39 Å². The number of aromatic nitrogens is 2. The topological polar surface area (TPSA) is 20.7 Å². The molecule has 0 saturated heterocycles. The van der Waals surface area contributed by atoms with Gasteiger partial charge in [-0.25, -0.2) is 0 Å². The number of nitrogens with one attached hydrogen (secondary N) is 1. The van der Waals surface area contributed by atoms with Crippen LogP contribution in [0.4, 0.5) is 0 Å². The fourth-order valence-corrected chi connectivity index (χ4v) is 3.31. The third-order valence-electron chi connectivity index (χ3n) is 3.66. The molecule has 102 valence electrons. The SMILES string of the molecule is S=c1[nH]c2cccc(Cl)c2n1-c1cccc2ccccc12. The first-order chi connectivity index (χ1) is 10.3. The summed E-state index contributed by atoms with van der Waals surface area (Å²) in [4.78, 5) is 3.22. The van der Waals surface area contributed by atoms with Crippen LogP contribution in [0.3, 0.4) is 0 Å². The molecule has 0 aliphatic heterocycles. The highest BCUT2D eigenvalue weighted by molar-refractivity contribution is 7.71. The lowest BCUT2D eigenvalue weighted by molar-refractivity contribution is 1.08. The molecule has 0 aliphatic rings. The number of halogens is 1. The Morgan fingerprint density at radius 2 is 1.67 bits per heavy atom. The highest BCUT2D eigenvalue weighted by Gasteiger charge is 2.11. The van der Waals surface area contributed by atoms with Crippen molar-refractivity contribution < 1.29 is 0 Å². The molecular formula is C17H11ClN2S. The van der Waals surface area contributed by atoms with E-state index >= 15 is 0 Å². The van der Waals surface area contributed by atoms with Crippen molar-refractivity contribution in [2.75, 3.05) is 0 Å². The minimum Gasteiger partial charge on any atom is -0.330 e. The van der Waals surface area contributed by atoms with Gasteiger partial charge >= 0.3 is 0 Å². The van der Waals surface area contributed by atoms with Crippen molar-refractivity contribution in [1.29, 1.82) is 0 Å². The second-order valence-corrected chi connectivity index (χ2v) is 5.69. The van der Waals surface area contributed by atoms with Gasteiger partial charge in [0.1, 0.15) is 0 Å². The molecule has 21 heavy (non-hydrogen) atoms. The average molecular weight is 311 g/mol. The Morgan fingerprint density at radius 3 is 2.57 bits per heavy atom. The summed E-state index contributed by atoms with van der Waals surface area (Å²) in [5, 5.41) is 3.02. The van der Waals surface area contributed by atoms with Crippen LogP contribution >= 0.6 is 23.8 Å². The standard InChI is InChI=1S/C17H11ClN2S/c18-13-8-4-9-14-16(13)20(17(21)19-14)15-10-3-6-11-5-1-2-7-12(11)15/h1-10H,(H,19,21). The minimum atomic E-state index is 0.648. The van der Waals surface area contributed by atoms with Crippen molar-refractivity contribution in [3.8, 4) is 5.69 Å². The van der Waals surface area contributed by atoms with Crippen LogP contribution in [-0.2, 0) is 0 Å². The molecule has 1 heterocycles. The molecule has 4 heteroatoms. The first-order valence-electron chi connectivity index (χ1n) is 6.63. The van der Waals surface area contributed by atoms with Crippen molar-refractivity contribution in [1.82, 2.24) is 9.55 Å². The Labute approximate surface area is 131 Å². The summed E-state index contributed by atoms with van der Waals surface area (Å²) in [6.07, 6.45) is 0. The Bertz CT molecular complexity index is 1020. The van der Waals surface area contributed by atoms with E-state index in [1.807, 2.05) is 41.0 Å². The van der Waals surface area contributed by atoms with E-state index < -0.39 is 0 Å². The summed E-state index contributed by atoms with van der Waals surface area (Å²) in [6, 6.07) is 20.2. The van der Waals surface area contributed by atoms with Gasteiger partial charge < -0.3 is 4.98 Å². The van der Waals surface area contributed by atoms with Gasteiger partial charge in [0.15, 0.2) is 4.77 Å². The van der Waals surface area contributed by atoms with Gasteiger partial charge in [-0.2, -0.15) is 0 Å². The van der Waals surface area contributed by atoms with Crippen LogP contribution < -0.4 is 0 Å². The third kappa shape index (κ3) is 1.89. The monoisotopic (exact) mass is 310 g/mol. The van der Waals surface area contributed by atoms with E-state index in [2.05, 4.69) is 29.2 Å². The number of benzene rings is 3. The summed E-state index contributed by atoms with van der Waals surface area (Å²) >= 11 is 11.9. The van der Waals surface area contributed by atoms with Crippen molar-refractivity contribution in [2.45, 2.75) is 0 Å². The molecule has 0 spiro atoms. The zero-order chi connectivity index (χ0) is 14.4. The van der Waals surface area contributed by atoms with E-state index in [1.54, 1.807) is 0 Å². The van der Waals surface area contributed by atoms with E-state index in [0.717, 1.165) is 22.1 Å². The first kappa shape index (κ1) is 12.6. The molecule has 4 rings (SSSR count). The summed E-state index contributed by atoms with van der Waals surface area (Å²) in [5.74, 6) is 0. The van der Waals surface area contributed by atoms with Gasteiger partial charge in [-0.3, -0.25) is 4.57 Å². The van der Waals surface area contributed by atoms with Gasteiger partial charge in [0.2, 0.25) is 0 Å². The van der Waals surface area contributed by atoms with Crippen LogP contribution in [-0.4, -0.2) is 9.55 Å². The number of fused-ring (bicyclic) bond motifs is 2. The molecule has 0 amide bonds. The van der Waals surface area contributed by atoms with Gasteiger partial charge in [0.05, 0.1) is 21.7 Å². The highest BCUT2D eigenvalue weighted by Crippen LogP contribution is 2.30. The Hall–Kier alpha value is -2.10. The number of hydrogen-bond acceptors (Lipinski definition) is 1. The predicted molar refractivity (Wildman–Crippen MR) is 91.0 cm³/mol. The number of para-hydroxylation sites is 1. The zero-order valence-corrected chi connectivity index (χ0v) is 12.6. The van der Waals surface area contributed by atoms with Crippen molar-refractivity contribution >= 4 is 45.6 Å². The molecule has 0 unspecified atom stereocenters. The molecule has 0 bridgehead atoms. The molecule has 2 nitrogen and oxygen atoms in total. The van der Waals surface area contributed by atoms with Crippen molar-refractivity contribution in [3.05, 3.63) is 70.5 Å². The maximum atomic E-state index is 6.39. The second-order valence-electron chi connectivity index (χ2n) is 4.90. The Kier molecular flexibility index (Phi) is 2.84. The van der Waals surface area contributed by atoms with Crippen LogP contribution in [0.5, 0.6) is 0 Å². The number of aromatic amines is 1. The van der Waals surface area contributed by atoms with Crippen LogP contribution in [0.25, 0.3) is 27.5 Å². The quantitative estimate of drug-likeness (QED) is 0.461. The largest absolute Gasteiger partial charge is 0.330 e. The van der Waals surface area contributed by atoms with Crippen LogP contribution in [0.1, 0.15) is 0 Å². The van der Waals surface area contributed by atoms with Crippen molar-refractivity contribution in [3.63, 3.8) is 0 Å². The van der Waals surface area contributed by atoms with E-state index in [-0.39, 0.29) is 0 Å². The van der Waals surface area contributed by atoms with Gasteiger partial charge in [-0.05, 0) is 35.8 Å². The molecule has 0 atom stereocenters. The number of rotatable bonds is 1. The van der Waals surface area contributed by atoms with Gasteiger partial charge in [-0.1, -0.05) is 54.1 Å². The Balaban J connectivity index is 2.20. The molecule has 0 aliphatic carbocycles. The zero-order valence-electron chi connectivity index (χ0n) is 11.0. The molecule has 0 fully saturated rings. The van der Waals surface area contributed by atoms with Crippen LogP contribution in [0, 0.1) is 4.77 Å². The fraction of sp³-hybridized carbons (Fsp3) is 0. The van der Waals surface area contributed by atoms with E-state index in [1.165, 1.54) is 5.39 Å². The molecular weight excluding hydrogens is 300 g/mol. The van der Waals surface area contributed by atoms with Crippen molar-refractivity contribution in [2.24, 2.45) is 0 Å². The number of H-pyrrole nitrogens is 1. The minimum absolute atomic E-state index is 0.648. The van der Waals surface area contributed by atoms with E-state index in [4.69, 9.17) is 23.8 Å².